The molecule has 1 aliphatic heterocycles. The Balaban J connectivity index is 2.32. The Hall–Kier alpha value is -0.251. The molecule has 1 fully saturated rings. The molecule has 0 spiro atoms. The van der Waals surface area contributed by atoms with Gasteiger partial charge in [-0.05, 0) is 0 Å². The Morgan fingerprint density at radius 3 is 2.12 bits per heavy atom. The van der Waals surface area contributed by atoms with Crippen molar-refractivity contribution >= 4 is 24.2 Å². The van der Waals surface area contributed by atoms with E-state index in [1.54, 1.807) is 13.3 Å². The van der Waals surface area contributed by atoms with Gasteiger partial charge in [0.2, 0.25) is 0 Å². The summed E-state index contributed by atoms with van der Waals surface area (Å²) >= 11 is -2.24. The van der Waals surface area contributed by atoms with E-state index in [0.29, 0.717) is 0 Å². The van der Waals surface area contributed by atoms with E-state index < -0.39 is 18.4 Å². The van der Waals surface area contributed by atoms with Crippen molar-refractivity contribution in [1.29, 1.82) is 0 Å². The van der Waals surface area contributed by atoms with Crippen molar-refractivity contribution in [2.75, 3.05) is 11.4 Å². The molecular weight excluding hydrogens is 411 g/mol. The van der Waals surface area contributed by atoms with Gasteiger partial charge in [-0.2, -0.15) is 0 Å². The maximum absolute atomic E-state index is 4.77. The number of hydrogen-bond acceptors (Lipinski definition) is 2. The van der Waals surface area contributed by atoms with Gasteiger partial charge in [-0.15, -0.1) is 0 Å². The molecule has 2 rings (SSSR count). The summed E-state index contributed by atoms with van der Waals surface area (Å²) in [6.07, 6.45) is 14.7. The summed E-state index contributed by atoms with van der Waals surface area (Å²) in [5.41, 5.74) is 0. The summed E-state index contributed by atoms with van der Waals surface area (Å²) in [6, 6.07) is 6.49. The minimum absolute atomic E-state index is 0.891. The number of anilines is 1. The van der Waals surface area contributed by atoms with Gasteiger partial charge in [-0.1, -0.05) is 0 Å². The first-order chi connectivity index (χ1) is 12.3. The third-order valence-corrected chi connectivity index (χ3v) is 23.5. The average molecular weight is 451 g/mol. The van der Waals surface area contributed by atoms with Crippen LogP contribution in [0.4, 0.5) is 5.82 Å². The monoisotopic (exact) mass is 452 g/mol. The number of hydrogen-bond donors (Lipinski definition) is 0. The van der Waals surface area contributed by atoms with E-state index >= 15 is 0 Å². The third-order valence-electron chi connectivity index (χ3n) is 6.24. The van der Waals surface area contributed by atoms with Crippen molar-refractivity contribution in [3.63, 3.8) is 0 Å². The van der Waals surface area contributed by atoms with Gasteiger partial charge >= 0.3 is 161 Å². The molecule has 0 radical (unpaired) electrons. The number of aromatic nitrogens is 1. The van der Waals surface area contributed by atoms with Crippen LogP contribution in [0, 0.1) is 0 Å². The van der Waals surface area contributed by atoms with Gasteiger partial charge in [-0.3, -0.25) is 0 Å². The summed E-state index contributed by atoms with van der Waals surface area (Å²) in [5.74, 6) is 1.26. The van der Waals surface area contributed by atoms with Gasteiger partial charge in [0, 0.05) is 0 Å². The Labute approximate surface area is 160 Å². The van der Waals surface area contributed by atoms with E-state index in [2.05, 4.69) is 43.9 Å². The summed E-state index contributed by atoms with van der Waals surface area (Å²) < 4.78 is 5.72. The number of unbranched alkanes of at least 4 members (excludes halogenated alkanes) is 3. The van der Waals surface area contributed by atoms with E-state index in [-0.39, 0.29) is 0 Å². The van der Waals surface area contributed by atoms with Crippen LogP contribution < -0.4 is 4.90 Å². The second-order valence-corrected chi connectivity index (χ2v) is 22.0. The molecule has 142 valence electrons. The van der Waals surface area contributed by atoms with Crippen LogP contribution in [0.25, 0.3) is 0 Å². The zero-order chi connectivity index (χ0) is 18.0. The molecule has 1 aliphatic rings. The molecule has 1 unspecified atom stereocenters. The van der Waals surface area contributed by atoms with Crippen LogP contribution in [0.5, 0.6) is 0 Å². The summed E-state index contributed by atoms with van der Waals surface area (Å²) in [7, 11) is 0. The molecule has 1 aromatic rings. The molecule has 2 nitrogen and oxygen atoms in total. The van der Waals surface area contributed by atoms with E-state index in [0.717, 1.165) is 4.06 Å². The number of piperidine rings is 1. The third kappa shape index (κ3) is 5.87. The van der Waals surface area contributed by atoms with Crippen molar-refractivity contribution in [3.05, 3.63) is 24.4 Å². The van der Waals surface area contributed by atoms with Crippen LogP contribution >= 0.6 is 0 Å². The molecule has 25 heavy (non-hydrogen) atoms. The summed E-state index contributed by atoms with van der Waals surface area (Å²) in [6.45, 7) is 8.39. The first-order valence-corrected chi connectivity index (χ1v) is 18.6. The molecule has 0 aliphatic carbocycles. The molecule has 1 atom stereocenters. The van der Waals surface area contributed by atoms with Crippen molar-refractivity contribution in [2.24, 2.45) is 0 Å². The predicted molar refractivity (Wildman–Crippen MR) is 114 cm³/mol. The molecule has 0 aromatic carbocycles. The SMILES string of the molecule is CCC[CH2][Sn]([CH2]CCC)([CH2]CCC)[CH]1CCCCN1c1ccccn1. The Morgan fingerprint density at radius 1 is 0.960 bits per heavy atom. The molecule has 2 heterocycles. The van der Waals surface area contributed by atoms with Gasteiger partial charge in [0.1, 0.15) is 0 Å². The molecule has 0 N–H and O–H groups in total. The number of rotatable bonds is 11. The van der Waals surface area contributed by atoms with E-state index in [4.69, 9.17) is 4.98 Å². The van der Waals surface area contributed by atoms with E-state index in [9.17, 15) is 0 Å². The second-order valence-electron chi connectivity index (χ2n) is 8.07. The van der Waals surface area contributed by atoms with Gasteiger partial charge in [-0.25, -0.2) is 0 Å². The molecule has 0 bridgehead atoms. The normalized spacial score (nSPS) is 18.5. The number of pyridine rings is 1. The molecule has 1 aromatic heterocycles. The van der Waals surface area contributed by atoms with E-state index in [1.807, 2.05) is 6.20 Å². The van der Waals surface area contributed by atoms with Crippen LogP contribution in [0.1, 0.15) is 78.6 Å². The first-order valence-electron chi connectivity index (χ1n) is 10.9. The van der Waals surface area contributed by atoms with Crippen molar-refractivity contribution in [1.82, 2.24) is 4.98 Å². The maximum atomic E-state index is 4.77. The topological polar surface area (TPSA) is 16.1 Å². The van der Waals surface area contributed by atoms with Crippen molar-refractivity contribution < 1.29 is 0 Å². The molecule has 3 heteroatoms. The summed E-state index contributed by atoms with van der Waals surface area (Å²) in [5, 5.41) is 0. The first kappa shape index (κ1) is 21.1. The van der Waals surface area contributed by atoms with Crippen molar-refractivity contribution in [3.8, 4) is 0 Å². The summed E-state index contributed by atoms with van der Waals surface area (Å²) in [4.78, 5) is 7.54. The standard InChI is InChI=1S/C10H13N2.3C4H9.Sn/c1-4-8-12(9-5-1)10-6-2-3-7-11-10;3*1-3-4-2;/h2-3,6-8H,1,4-5,9H2;3*1,3-4H2,2H3;. The fraction of sp³-hybridized carbons (Fsp3) is 0.773. The molecule has 1 saturated heterocycles. The minimum atomic E-state index is -2.24. The number of nitrogens with zero attached hydrogens (tertiary/aromatic N) is 2. The average Bonchev–Trinajstić information content (AvgIpc) is 2.68. The Bertz CT molecular complexity index is 441. The van der Waals surface area contributed by atoms with Crippen LogP contribution in [-0.2, 0) is 0 Å². The zero-order valence-electron chi connectivity index (χ0n) is 17.0. The molecular formula is C22H40N2Sn. The van der Waals surface area contributed by atoms with Crippen LogP contribution in [0.2, 0.25) is 13.3 Å². The van der Waals surface area contributed by atoms with Crippen molar-refractivity contribution in [2.45, 2.75) is 95.9 Å². The van der Waals surface area contributed by atoms with Gasteiger partial charge in [0.05, 0.1) is 0 Å². The Kier molecular flexibility index (Phi) is 9.65. The van der Waals surface area contributed by atoms with Gasteiger partial charge in [0.25, 0.3) is 0 Å². The van der Waals surface area contributed by atoms with Gasteiger partial charge < -0.3 is 0 Å². The Morgan fingerprint density at radius 2 is 1.60 bits per heavy atom. The molecule has 0 amide bonds. The van der Waals surface area contributed by atoms with E-state index in [1.165, 1.54) is 70.2 Å². The fourth-order valence-corrected chi connectivity index (χ4v) is 23.8. The zero-order valence-corrected chi connectivity index (χ0v) is 19.8. The van der Waals surface area contributed by atoms with Gasteiger partial charge in [0.15, 0.2) is 0 Å². The quantitative estimate of drug-likeness (QED) is 0.343. The van der Waals surface area contributed by atoms with Crippen LogP contribution in [-0.4, -0.2) is 34.0 Å². The second kappa shape index (κ2) is 11.5. The molecule has 0 saturated carbocycles. The van der Waals surface area contributed by atoms with Crippen LogP contribution in [0.15, 0.2) is 24.4 Å². The fourth-order valence-electron chi connectivity index (χ4n) is 4.83. The van der Waals surface area contributed by atoms with Crippen LogP contribution in [0.3, 0.4) is 0 Å². The predicted octanol–water partition coefficient (Wildman–Crippen LogP) is 6.83.